The van der Waals surface area contributed by atoms with Crippen molar-refractivity contribution in [1.82, 2.24) is 4.90 Å². The smallest absolute Gasteiger partial charge is 0.324 e. The zero-order valence-corrected chi connectivity index (χ0v) is 13.3. The predicted molar refractivity (Wildman–Crippen MR) is 54.8 cm³/mol. The summed E-state index contributed by atoms with van der Waals surface area (Å²) >= 11 is 0. The van der Waals surface area contributed by atoms with E-state index in [2.05, 4.69) is 0 Å². The summed E-state index contributed by atoms with van der Waals surface area (Å²) in [6.45, 7) is 0. The highest BCUT2D eigenvalue weighted by Crippen LogP contribution is 2.45. The fourth-order valence-corrected chi connectivity index (χ4v) is 3.55. The van der Waals surface area contributed by atoms with Gasteiger partial charge in [-0.2, -0.15) is 14.0 Å². The van der Waals surface area contributed by atoms with Crippen molar-refractivity contribution in [2.45, 2.75) is 0 Å². The van der Waals surface area contributed by atoms with Gasteiger partial charge < -0.3 is 29.4 Å². The van der Waals surface area contributed by atoms with E-state index in [4.69, 9.17) is 48.0 Å². The topological polar surface area (TPSA) is 265 Å². The molecule has 0 atom stereocenters. The summed E-state index contributed by atoms with van der Waals surface area (Å²) in [6.07, 6.45) is -3.41. The number of nitrogens with zero attached hydrogens (tertiary/aromatic N) is 1. The van der Waals surface area contributed by atoms with Gasteiger partial charge in [0.25, 0.3) is 0 Å². The molecule has 0 aliphatic heterocycles. The van der Waals surface area contributed by atoms with E-state index in [1.54, 1.807) is 0 Å². The molecule has 0 fully saturated rings. The molecule has 21 heavy (non-hydrogen) atoms. The number of hydrogen-bond acceptors (Lipinski definition) is 8. The molecule has 0 aliphatic carbocycles. The molecular weight excluding hydrogens is 386 g/mol. The van der Waals surface area contributed by atoms with Crippen LogP contribution in [-0.2, 0) is 13.7 Å². The second-order valence-electron chi connectivity index (χ2n) is 3.49. The van der Waals surface area contributed by atoms with E-state index in [-0.39, 0.29) is 0 Å². The minimum Gasteiger partial charge on any atom is -0.324 e. The lowest BCUT2D eigenvalue weighted by Crippen LogP contribution is -2.58. The first-order valence-electron chi connectivity index (χ1n) is 4.28. The van der Waals surface area contributed by atoms with Crippen LogP contribution in [0.5, 0.6) is 0 Å². The highest BCUT2D eigenvalue weighted by atomic mass is 35.7. The zero-order chi connectivity index (χ0) is 17.7. The van der Waals surface area contributed by atoms with Gasteiger partial charge in [0, 0.05) is 0 Å². The molecule has 0 aliphatic rings. The van der Waals surface area contributed by atoms with Gasteiger partial charge in [0.15, 0.2) is 0 Å². The quantitative estimate of drug-likeness (QED) is 0.205. The Bertz CT molecular complexity index is 379. The molecule has 18 heteroatoms. The fourth-order valence-electron chi connectivity index (χ4n) is 0.916. The van der Waals surface area contributed by atoms with Crippen LogP contribution in [-0.4, -0.2) is 57.8 Å². The van der Waals surface area contributed by atoms with Gasteiger partial charge in [0.05, 0.1) is 14.9 Å². The number of halogens is 1. The molecule has 0 saturated carbocycles. The molecular formula is C3H13ClNO13P3. The van der Waals surface area contributed by atoms with E-state index in [1.807, 2.05) is 0 Å². The Labute approximate surface area is 119 Å². The molecule has 0 amide bonds. The summed E-state index contributed by atoms with van der Waals surface area (Å²) in [7, 11) is -18.7. The van der Waals surface area contributed by atoms with Gasteiger partial charge in [-0.25, -0.2) is 0 Å². The van der Waals surface area contributed by atoms with Crippen molar-refractivity contribution >= 4 is 22.8 Å². The van der Waals surface area contributed by atoms with Gasteiger partial charge in [-0.05, 0) is 0 Å². The maximum Gasteiger partial charge on any atom is 0.339 e. The van der Waals surface area contributed by atoms with E-state index in [0.29, 0.717) is 4.90 Å². The highest BCUT2D eigenvalue weighted by Gasteiger charge is 2.30. The van der Waals surface area contributed by atoms with Crippen LogP contribution in [0.1, 0.15) is 0 Å². The lowest BCUT2D eigenvalue weighted by Gasteiger charge is -2.22. The average molecular weight is 400 g/mol. The van der Waals surface area contributed by atoms with Crippen molar-refractivity contribution in [2.24, 2.45) is 0 Å². The predicted octanol–water partition coefficient (Wildman–Crippen LogP) is -5.43. The SMILES string of the molecule is O=P(O)(O)CN(CP(=O)(O)O)CP(=O)(O)O.[O-][Cl+3]([O-])([O-])O. The van der Waals surface area contributed by atoms with Crippen LogP contribution >= 0.6 is 22.8 Å². The Kier molecular flexibility index (Phi) is 9.53. The molecule has 0 spiro atoms. The molecule has 0 saturated heterocycles. The van der Waals surface area contributed by atoms with Gasteiger partial charge in [0.2, 0.25) is 0 Å². The molecule has 0 aromatic rings. The van der Waals surface area contributed by atoms with Gasteiger partial charge in [-0.1, -0.05) is 0 Å². The second kappa shape index (κ2) is 8.41. The summed E-state index contributed by atoms with van der Waals surface area (Å²) in [5, 5.41) is 0. The first kappa shape index (κ1) is 23.8. The molecule has 0 aromatic carbocycles. The van der Waals surface area contributed by atoms with Crippen LogP contribution in [0.3, 0.4) is 0 Å². The minimum absolute atomic E-state index is 0.336. The Morgan fingerprint density at radius 1 is 0.714 bits per heavy atom. The van der Waals surface area contributed by atoms with Crippen molar-refractivity contribution in [2.75, 3.05) is 18.9 Å². The van der Waals surface area contributed by atoms with Crippen LogP contribution in [0.2, 0.25) is 0 Å². The third-order valence-corrected chi connectivity index (χ3v) is 3.46. The van der Waals surface area contributed by atoms with Crippen molar-refractivity contribution in [3.8, 4) is 0 Å². The number of rotatable bonds is 6. The summed E-state index contributed by atoms with van der Waals surface area (Å²) in [6, 6.07) is 0. The van der Waals surface area contributed by atoms with Gasteiger partial charge in [-0.3, -0.25) is 18.6 Å². The third kappa shape index (κ3) is 29.2. The Morgan fingerprint density at radius 2 is 0.857 bits per heavy atom. The fraction of sp³-hybridized carbons (Fsp3) is 1.00. The van der Waals surface area contributed by atoms with Crippen molar-refractivity contribution < 1.29 is 71.9 Å². The minimum atomic E-state index is -4.69. The molecule has 0 radical (unpaired) electrons. The maximum absolute atomic E-state index is 10.6. The standard InChI is InChI=1S/C3H12NO9P3.ClHO4/c5-14(6,7)1-4(2-15(8,9)10)3-16(11,12)13;2-1(3,4)5/h1-3H2,(H2,5,6,7)(H2,8,9,10)(H2,11,12,13);(H,2,3,4,5). The summed E-state index contributed by atoms with van der Waals surface area (Å²) in [5.41, 5.74) is 0. The largest absolute Gasteiger partial charge is 0.339 e. The van der Waals surface area contributed by atoms with Crippen LogP contribution in [0.4, 0.5) is 0 Å². The third-order valence-electron chi connectivity index (χ3n) is 1.15. The van der Waals surface area contributed by atoms with E-state index in [0.717, 1.165) is 0 Å². The van der Waals surface area contributed by atoms with E-state index in [9.17, 15) is 13.7 Å². The lowest BCUT2D eigenvalue weighted by atomic mass is 11.0. The van der Waals surface area contributed by atoms with Gasteiger partial charge in [-0.15, -0.1) is 0 Å². The second-order valence-corrected chi connectivity index (χ2v) is 9.11. The molecule has 0 bridgehead atoms. The van der Waals surface area contributed by atoms with Crippen molar-refractivity contribution in [1.29, 1.82) is 0 Å². The van der Waals surface area contributed by atoms with E-state index < -0.39 is 51.9 Å². The van der Waals surface area contributed by atoms with Gasteiger partial charge in [0.1, 0.15) is 18.9 Å². The molecule has 0 unspecified atom stereocenters. The zero-order valence-electron chi connectivity index (χ0n) is 9.87. The normalized spacial score (nSPS) is 13.9. The Hall–Kier alpha value is 0.540. The van der Waals surface area contributed by atoms with Crippen LogP contribution in [0.15, 0.2) is 0 Å². The molecule has 7 N–H and O–H groups in total. The maximum atomic E-state index is 10.6. The van der Waals surface area contributed by atoms with Crippen molar-refractivity contribution in [3.63, 3.8) is 0 Å². The molecule has 0 heterocycles. The van der Waals surface area contributed by atoms with Crippen LogP contribution in [0, 0.1) is 10.2 Å². The van der Waals surface area contributed by atoms with Crippen LogP contribution < -0.4 is 14.0 Å². The summed E-state index contributed by atoms with van der Waals surface area (Å²) in [5.74, 6) is 0. The van der Waals surface area contributed by atoms with E-state index in [1.165, 1.54) is 0 Å². The molecule has 130 valence electrons. The van der Waals surface area contributed by atoms with Crippen LogP contribution in [0.25, 0.3) is 0 Å². The summed E-state index contributed by atoms with van der Waals surface area (Å²) < 4.78 is 64.4. The highest BCUT2D eigenvalue weighted by molar-refractivity contribution is 7.53. The van der Waals surface area contributed by atoms with Gasteiger partial charge >= 0.3 is 22.8 Å². The Morgan fingerprint density at radius 3 is 0.952 bits per heavy atom. The molecule has 14 nitrogen and oxygen atoms in total. The Balaban J connectivity index is 0. The molecule has 0 aromatic heterocycles. The monoisotopic (exact) mass is 399 g/mol. The number of hydrogen-bond donors (Lipinski definition) is 7. The lowest BCUT2D eigenvalue weighted by molar-refractivity contribution is -1.92. The first-order valence-corrected chi connectivity index (χ1v) is 10.9. The average Bonchev–Trinajstić information content (AvgIpc) is 1.86. The first-order chi connectivity index (χ1) is 8.79. The molecule has 0 rings (SSSR count). The summed E-state index contributed by atoms with van der Waals surface area (Å²) in [4.78, 5) is 51.6. The van der Waals surface area contributed by atoms with E-state index >= 15 is 0 Å². The van der Waals surface area contributed by atoms with Crippen molar-refractivity contribution in [3.05, 3.63) is 0 Å².